The number of benzene rings is 3. The van der Waals surface area contributed by atoms with Gasteiger partial charge in [0.15, 0.2) is 5.78 Å². The lowest BCUT2D eigenvalue weighted by atomic mass is 9.70. The van der Waals surface area contributed by atoms with Crippen LogP contribution < -0.4 is 4.74 Å². The van der Waals surface area contributed by atoms with Crippen molar-refractivity contribution >= 4 is 16.6 Å². The van der Waals surface area contributed by atoms with Gasteiger partial charge in [0.25, 0.3) is 0 Å². The van der Waals surface area contributed by atoms with Gasteiger partial charge in [0.05, 0.1) is 0 Å². The van der Waals surface area contributed by atoms with Crippen LogP contribution in [0, 0.1) is 5.41 Å². The highest BCUT2D eigenvalue weighted by Crippen LogP contribution is 2.51. The summed E-state index contributed by atoms with van der Waals surface area (Å²) in [6, 6.07) is 22.9. The Kier molecular flexibility index (Phi) is 3.51. The van der Waals surface area contributed by atoms with Gasteiger partial charge in [-0.25, -0.2) is 0 Å². The summed E-state index contributed by atoms with van der Waals surface area (Å²) in [7, 11) is 0. The second kappa shape index (κ2) is 5.82. The Bertz CT molecular complexity index is 1090. The van der Waals surface area contributed by atoms with Crippen LogP contribution in [0.2, 0.25) is 0 Å². The predicted octanol–water partition coefficient (Wildman–Crippen LogP) is 6.01. The summed E-state index contributed by atoms with van der Waals surface area (Å²) >= 11 is 0. The topological polar surface area (TPSA) is 26.3 Å². The zero-order chi connectivity index (χ0) is 18.6. The number of fused-ring (bicyclic) bond motifs is 3. The van der Waals surface area contributed by atoms with Crippen molar-refractivity contribution in [2.24, 2.45) is 5.41 Å². The lowest BCUT2D eigenvalue weighted by molar-refractivity contribution is -0.118. The summed E-state index contributed by atoms with van der Waals surface area (Å²) in [5.74, 6) is 1.92. The number of carbonyl (C=O) groups is 1. The fourth-order valence-corrected chi connectivity index (χ4v) is 4.56. The molecule has 2 aliphatic rings. The van der Waals surface area contributed by atoms with E-state index in [-0.39, 0.29) is 17.1 Å². The minimum absolute atomic E-state index is 0.0573. The predicted molar refractivity (Wildman–Crippen MR) is 108 cm³/mol. The number of carbonyl (C=O) groups excluding carboxylic acids is 1. The first kappa shape index (κ1) is 16.3. The van der Waals surface area contributed by atoms with Gasteiger partial charge in [0.2, 0.25) is 0 Å². The largest absolute Gasteiger partial charge is 0.460 e. The van der Waals surface area contributed by atoms with Gasteiger partial charge >= 0.3 is 0 Å². The summed E-state index contributed by atoms with van der Waals surface area (Å²) in [6.45, 7) is 4.29. The van der Waals surface area contributed by atoms with Crippen LogP contribution in [0.3, 0.4) is 0 Å². The molecular formula is C25H22O2. The minimum atomic E-state index is -0.0702. The monoisotopic (exact) mass is 354 g/mol. The Labute approximate surface area is 159 Å². The molecule has 0 radical (unpaired) electrons. The van der Waals surface area contributed by atoms with Crippen molar-refractivity contribution in [1.82, 2.24) is 0 Å². The van der Waals surface area contributed by atoms with E-state index in [1.54, 1.807) is 0 Å². The summed E-state index contributed by atoms with van der Waals surface area (Å²) in [5.41, 5.74) is 3.02. The summed E-state index contributed by atoms with van der Waals surface area (Å²) < 4.78 is 6.47. The molecule has 0 N–H and O–H groups in total. The molecule has 0 amide bonds. The van der Waals surface area contributed by atoms with E-state index in [2.05, 4.69) is 50.2 Å². The highest BCUT2D eigenvalue weighted by atomic mass is 16.5. The van der Waals surface area contributed by atoms with Crippen molar-refractivity contribution in [1.29, 1.82) is 0 Å². The Morgan fingerprint density at radius 3 is 2.44 bits per heavy atom. The Balaban J connectivity index is 1.80. The number of allylic oxidation sites excluding steroid dienone is 2. The molecular weight excluding hydrogens is 332 g/mol. The van der Waals surface area contributed by atoms with E-state index in [4.69, 9.17) is 4.74 Å². The number of ether oxygens (including phenoxy) is 1. The lowest BCUT2D eigenvalue weighted by Gasteiger charge is -2.38. The number of hydrogen-bond donors (Lipinski definition) is 0. The highest BCUT2D eigenvalue weighted by Gasteiger charge is 2.42. The van der Waals surface area contributed by atoms with Crippen molar-refractivity contribution in [3.05, 3.63) is 89.2 Å². The van der Waals surface area contributed by atoms with Crippen LogP contribution >= 0.6 is 0 Å². The molecule has 3 aromatic rings. The third-order valence-corrected chi connectivity index (χ3v) is 5.75. The standard InChI is InChI=1S/C25H22O2/c1-25(2)14-20(26)23-21(15-25)27-24-18-11-7-6-8-16(18)12-13-19(24)22(23)17-9-4-3-5-10-17/h3-13,22H,14-15H2,1-2H3. The molecule has 0 aromatic heterocycles. The first-order valence-electron chi connectivity index (χ1n) is 9.54. The lowest BCUT2D eigenvalue weighted by Crippen LogP contribution is -2.32. The number of Topliss-reactive ketones (excluding diaryl/α,β-unsaturated/α-hetero) is 1. The van der Waals surface area contributed by atoms with E-state index in [0.717, 1.165) is 45.4 Å². The van der Waals surface area contributed by atoms with Crippen LogP contribution in [-0.4, -0.2) is 5.78 Å². The molecule has 1 aliphatic heterocycles. The first-order valence-corrected chi connectivity index (χ1v) is 9.54. The molecule has 0 bridgehead atoms. The molecule has 27 heavy (non-hydrogen) atoms. The maximum atomic E-state index is 13.2. The molecule has 134 valence electrons. The molecule has 3 aromatic carbocycles. The Morgan fingerprint density at radius 2 is 1.63 bits per heavy atom. The second-order valence-electron chi connectivity index (χ2n) is 8.43. The normalized spacial score (nSPS) is 20.8. The van der Waals surface area contributed by atoms with Crippen LogP contribution in [-0.2, 0) is 4.79 Å². The molecule has 0 fully saturated rings. The average molecular weight is 354 g/mol. The van der Waals surface area contributed by atoms with E-state index in [0.29, 0.717) is 6.42 Å². The zero-order valence-corrected chi connectivity index (χ0v) is 15.7. The smallest absolute Gasteiger partial charge is 0.163 e. The third-order valence-electron chi connectivity index (χ3n) is 5.75. The molecule has 2 heteroatoms. The van der Waals surface area contributed by atoms with Crippen molar-refractivity contribution < 1.29 is 9.53 Å². The molecule has 0 saturated heterocycles. The van der Waals surface area contributed by atoms with Crippen LogP contribution in [0.25, 0.3) is 10.8 Å². The van der Waals surface area contributed by atoms with Gasteiger partial charge in [-0.2, -0.15) is 0 Å². The van der Waals surface area contributed by atoms with E-state index >= 15 is 0 Å². The number of hydrogen-bond acceptors (Lipinski definition) is 2. The molecule has 5 rings (SSSR count). The highest BCUT2D eigenvalue weighted by molar-refractivity contribution is 6.01. The molecule has 1 aliphatic carbocycles. The Morgan fingerprint density at radius 1 is 0.889 bits per heavy atom. The van der Waals surface area contributed by atoms with Crippen molar-refractivity contribution in [2.45, 2.75) is 32.6 Å². The average Bonchev–Trinajstić information content (AvgIpc) is 2.66. The minimum Gasteiger partial charge on any atom is -0.460 e. The van der Waals surface area contributed by atoms with E-state index in [1.807, 2.05) is 30.3 Å². The van der Waals surface area contributed by atoms with Crippen LogP contribution in [0.15, 0.2) is 78.1 Å². The quantitative estimate of drug-likeness (QED) is 0.535. The van der Waals surface area contributed by atoms with Crippen molar-refractivity contribution in [3.8, 4) is 5.75 Å². The maximum absolute atomic E-state index is 13.2. The summed E-state index contributed by atoms with van der Waals surface area (Å²) in [5, 5.41) is 2.27. The molecule has 0 saturated carbocycles. The SMILES string of the molecule is CC1(C)CC(=O)C2=C(C1)Oc1c(ccc3ccccc13)C2c1ccccc1. The molecule has 1 heterocycles. The molecule has 1 atom stereocenters. The number of rotatable bonds is 1. The van der Waals surface area contributed by atoms with Gasteiger partial charge in [-0.15, -0.1) is 0 Å². The third kappa shape index (κ3) is 2.59. The van der Waals surface area contributed by atoms with Gasteiger partial charge in [-0.1, -0.05) is 80.6 Å². The zero-order valence-electron chi connectivity index (χ0n) is 15.7. The van der Waals surface area contributed by atoms with Crippen LogP contribution in [0.4, 0.5) is 0 Å². The summed E-state index contributed by atoms with van der Waals surface area (Å²) in [6.07, 6.45) is 1.36. The van der Waals surface area contributed by atoms with Crippen LogP contribution in [0.5, 0.6) is 5.75 Å². The first-order chi connectivity index (χ1) is 13.0. The fraction of sp³-hybridized carbons (Fsp3) is 0.240. The van der Waals surface area contributed by atoms with Gasteiger partial charge in [0, 0.05) is 35.3 Å². The Hall–Kier alpha value is -2.87. The van der Waals surface area contributed by atoms with Crippen molar-refractivity contribution in [3.63, 3.8) is 0 Å². The van der Waals surface area contributed by atoms with Crippen LogP contribution in [0.1, 0.15) is 43.7 Å². The van der Waals surface area contributed by atoms with Gasteiger partial charge in [-0.05, 0) is 16.4 Å². The molecule has 0 spiro atoms. The number of ketones is 1. The molecule has 2 nitrogen and oxygen atoms in total. The van der Waals surface area contributed by atoms with E-state index < -0.39 is 0 Å². The van der Waals surface area contributed by atoms with Crippen molar-refractivity contribution in [2.75, 3.05) is 0 Å². The second-order valence-corrected chi connectivity index (χ2v) is 8.43. The molecule has 1 unspecified atom stereocenters. The van der Waals surface area contributed by atoms with Gasteiger partial charge in [-0.3, -0.25) is 4.79 Å². The maximum Gasteiger partial charge on any atom is 0.163 e. The van der Waals surface area contributed by atoms with Gasteiger partial charge < -0.3 is 4.74 Å². The van der Waals surface area contributed by atoms with E-state index in [9.17, 15) is 4.79 Å². The fourth-order valence-electron chi connectivity index (χ4n) is 4.56. The van der Waals surface area contributed by atoms with E-state index in [1.165, 1.54) is 0 Å². The van der Waals surface area contributed by atoms with Gasteiger partial charge in [0.1, 0.15) is 11.5 Å². The summed E-state index contributed by atoms with van der Waals surface area (Å²) in [4.78, 5) is 13.2.